The van der Waals surface area contributed by atoms with Gasteiger partial charge in [-0.15, -0.1) is 11.3 Å². The Morgan fingerprint density at radius 1 is 1.40 bits per heavy atom. The number of benzene rings is 1. The number of anilines is 1. The average molecular weight is 288 g/mol. The van der Waals surface area contributed by atoms with Crippen molar-refractivity contribution in [3.8, 4) is 0 Å². The Bertz CT molecular complexity index is 598. The van der Waals surface area contributed by atoms with Crippen LogP contribution in [0.15, 0.2) is 36.5 Å². The van der Waals surface area contributed by atoms with Crippen molar-refractivity contribution in [2.45, 2.75) is 12.6 Å². The highest BCUT2D eigenvalue weighted by Crippen LogP contribution is 2.26. The molecule has 1 aliphatic heterocycles. The third kappa shape index (κ3) is 2.66. The van der Waals surface area contributed by atoms with Crippen molar-refractivity contribution < 1.29 is 4.79 Å². The third-order valence-corrected chi connectivity index (χ3v) is 4.17. The van der Waals surface area contributed by atoms with Crippen molar-refractivity contribution >= 4 is 22.4 Å². The zero-order valence-electron chi connectivity index (χ0n) is 11.0. The van der Waals surface area contributed by atoms with Crippen molar-refractivity contribution in [2.75, 3.05) is 18.8 Å². The molecule has 0 radical (unpaired) electrons. The summed E-state index contributed by atoms with van der Waals surface area (Å²) in [5.41, 5.74) is 6.68. The van der Waals surface area contributed by atoms with Crippen LogP contribution in [0, 0.1) is 0 Å². The van der Waals surface area contributed by atoms with Gasteiger partial charge < -0.3 is 11.1 Å². The smallest absolute Gasteiger partial charge is 0.242 e. The number of rotatable bonds is 3. The number of hydrogen-bond donors (Lipinski definition) is 2. The Hall–Kier alpha value is -1.92. The Morgan fingerprint density at radius 2 is 2.20 bits per heavy atom. The molecular formula is C14H16N4OS. The Kier molecular flexibility index (Phi) is 3.66. The standard InChI is InChI=1S/C14H16N4OS/c15-14-17-8-11(20-14)9-18-7-6-16-13(19)12(18)10-4-2-1-3-5-10/h1-5,8,12H,6-7,9H2,(H2,15,17)(H,16,19). The maximum atomic E-state index is 12.2. The SMILES string of the molecule is Nc1ncc(CN2CCNC(=O)C2c2ccccc2)s1. The number of carbonyl (C=O) groups excluding carboxylic acids is 1. The first-order chi connectivity index (χ1) is 9.74. The van der Waals surface area contributed by atoms with Crippen molar-refractivity contribution in [2.24, 2.45) is 0 Å². The summed E-state index contributed by atoms with van der Waals surface area (Å²) in [4.78, 5) is 19.5. The van der Waals surface area contributed by atoms with Gasteiger partial charge >= 0.3 is 0 Å². The second-order valence-corrected chi connectivity index (χ2v) is 5.89. The summed E-state index contributed by atoms with van der Waals surface area (Å²) in [6.45, 7) is 2.20. The molecule has 1 fully saturated rings. The molecule has 1 unspecified atom stereocenters. The number of thiazole rings is 1. The minimum Gasteiger partial charge on any atom is -0.375 e. The Morgan fingerprint density at radius 3 is 2.90 bits per heavy atom. The molecule has 20 heavy (non-hydrogen) atoms. The van der Waals surface area contributed by atoms with Crippen molar-refractivity contribution in [3.05, 3.63) is 47.0 Å². The van der Waals surface area contributed by atoms with E-state index in [2.05, 4.69) is 15.2 Å². The van der Waals surface area contributed by atoms with E-state index in [0.29, 0.717) is 18.2 Å². The van der Waals surface area contributed by atoms with Gasteiger partial charge in [0.2, 0.25) is 5.91 Å². The van der Waals surface area contributed by atoms with Crippen LogP contribution in [0.3, 0.4) is 0 Å². The number of nitrogen functional groups attached to an aromatic ring is 1. The summed E-state index contributed by atoms with van der Waals surface area (Å²) < 4.78 is 0. The molecule has 3 N–H and O–H groups in total. The molecule has 1 atom stereocenters. The van der Waals surface area contributed by atoms with Crippen LogP contribution in [-0.4, -0.2) is 28.9 Å². The van der Waals surface area contributed by atoms with Gasteiger partial charge in [0, 0.05) is 30.7 Å². The van der Waals surface area contributed by atoms with E-state index in [9.17, 15) is 4.79 Å². The van der Waals surface area contributed by atoms with Gasteiger partial charge in [-0.25, -0.2) is 4.98 Å². The van der Waals surface area contributed by atoms with Crippen LogP contribution < -0.4 is 11.1 Å². The van der Waals surface area contributed by atoms with E-state index in [4.69, 9.17) is 5.73 Å². The van der Waals surface area contributed by atoms with Gasteiger partial charge in [0.25, 0.3) is 0 Å². The molecule has 1 saturated heterocycles. The molecular weight excluding hydrogens is 272 g/mol. The normalized spacial score (nSPS) is 19.8. The molecule has 0 saturated carbocycles. The molecule has 2 aromatic rings. The maximum absolute atomic E-state index is 12.2. The van der Waals surface area contributed by atoms with Gasteiger partial charge in [0.1, 0.15) is 6.04 Å². The fourth-order valence-electron chi connectivity index (χ4n) is 2.48. The van der Waals surface area contributed by atoms with E-state index in [-0.39, 0.29) is 11.9 Å². The van der Waals surface area contributed by atoms with Gasteiger partial charge in [0.05, 0.1) is 0 Å². The lowest BCUT2D eigenvalue weighted by molar-refractivity contribution is -0.129. The quantitative estimate of drug-likeness (QED) is 0.895. The van der Waals surface area contributed by atoms with Gasteiger partial charge in [-0.3, -0.25) is 9.69 Å². The summed E-state index contributed by atoms with van der Waals surface area (Å²) >= 11 is 1.47. The van der Waals surface area contributed by atoms with Gasteiger partial charge in [-0.2, -0.15) is 0 Å². The van der Waals surface area contributed by atoms with E-state index in [1.54, 1.807) is 6.20 Å². The fraction of sp³-hybridized carbons (Fsp3) is 0.286. The maximum Gasteiger partial charge on any atom is 0.242 e. The zero-order valence-corrected chi connectivity index (χ0v) is 11.8. The first-order valence-electron chi connectivity index (χ1n) is 6.51. The minimum absolute atomic E-state index is 0.0555. The minimum atomic E-state index is -0.242. The van der Waals surface area contributed by atoms with E-state index in [1.807, 2.05) is 30.3 Å². The molecule has 0 spiro atoms. The second kappa shape index (κ2) is 5.60. The van der Waals surface area contributed by atoms with Crippen molar-refractivity contribution in [1.82, 2.24) is 15.2 Å². The molecule has 1 aromatic carbocycles. The molecule has 1 aromatic heterocycles. The molecule has 0 aliphatic carbocycles. The van der Waals surface area contributed by atoms with Crippen LogP contribution in [0.25, 0.3) is 0 Å². The molecule has 2 heterocycles. The summed E-state index contributed by atoms with van der Waals surface area (Å²) in [6.07, 6.45) is 1.79. The van der Waals surface area contributed by atoms with Gasteiger partial charge in [-0.1, -0.05) is 30.3 Å². The zero-order chi connectivity index (χ0) is 13.9. The summed E-state index contributed by atoms with van der Waals surface area (Å²) in [6, 6.07) is 9.61. The predicted octanol–water partition coefficient (Wildman–Crippen LogP) is 1.40. The first-order valence-corrected chi connectivity index (χ1v) is 7.32. The van der Waals surface area contributed by atoms with Crippen LogP contribution in [0.4, 0.5) is 5.13 Å². The van der Waals surface area contributed by atoms with E-state index in [0.717, 1.165) is 17.0 Å². The summed E-state index contributed by atoms with van der Waals surface area (Å²) in [7, 11) is 0. The molecule has 6 heteroatoms. The summed E-state index contributed by atoms with van der Waals surface area (Å²) in [5.74, 6) is 0.0555. The highest BCUT2D eigenvalue weighted by Gasteiger charge is 2.31. The lowest BCUT2D eigenvalue weighted by Crippen LogP contribution is -2.49. The highest BCUT2D eigenvalue weighted by molar-refractivity contribution is 7.15. The Labute approximate surface area is 121 Å². The van der Waals surface area contributed by atoms with Crippen LogP contribution in [0.1, 0.15) is 16.5 Å². The first kappa shape index (κ1) is 13.1. The molecule has 1 amide bonds. The average Bonchev–Trinajstić information content (AvgIpc) is 2.85. The topological polar surface area (TPSA) is 71.2 Å². The fourth-order valence-corrected chi connectivity index (χ4v) is 3.19. The van der Waals surface area contributed by atoms with Crippen molar-refractivity contribution in [3.63, 3.8) is 0 Å². The molecule has 5 nitrogen and oxygen atoms in total. The monoisotopic (exact) mass is 288 g/mol. The Balaban J connectivity index is 1.85. The van der Waals surface area contributed by atoms with E-state index < -0.39 is 0 Å². The van der Waals surface area contributed by atoms with E-state index in [1.165, 1.54) is 11.3 Å². The third-order valence-electron chi connectivity index (χ3n) is 3.36. The highest BCUT2D eigenvalue weighted by atomic mass is 32.1. The van der Waals surface area contributed by atoms with Crippen LogP contribution in [-0.2, 0) is 11.3 Å². The van der Waals surface area contributed by atoms with Crippen LogP contribution >= 0.6 is 11.3 Å². The number of carbonyl (C=O) groups is 1. The number of amides is 1. The van der Waals surface area contributed by atoms with Gasteiger partial charge in [-0.05, 0) is 5.56 Å². The molecule has 3 rings (SSSR count). The summed E-state index contributed by atoms with van der Waals surface area (Å²) in [5, 5.41) is 3.50. The lowest BCUT2D eigenvalue weighted by Gasteiger charge is -2.34. The predicted molar refractivity (Wildman–Crippen MR) is 79.1 cm³/mol. The molecule has 0 bridgehead atoms. The number of hydrogen-bond acceptors (Lipinski definition) is 5. The van der Waals surface area contributed by atoms with Crippen LogP contribution in [0.2, 0.25) is 0 Å². The lowest BCUT2D eigenvalue weighted by atomic mass is 10.0. The van der Waals surface area contributed by atoms with Crippen molar-refractivity contribution in [1.29, 1.82) is 0 Å². The van der Waals surface area contributed by atoms with E-state index >= 15 is 0 Å². The molecule has 104 valence electrons. The molecule has 1 aliphatic rings. The largest absolute Gasteiger partial charge is 0.375 e. The van der Waals surface area contributed by atoms with Crippen LogP contribution in [0.5, 0.6) is 0 Å². The number of aromatic nitrogens is 1. The number of nitrogens with zero attached hydrogens (tertiary/aromatic N) is 2. The number of nitrogens with two attached hydrogens (primary N) is 1. The number of piperazine rings is 1. The van der Waals surface area contributed by atoms with Gasteiger partial charge in [0.15, 0.2) is 5.13 Å². The number of nitrogens with one attached hydrogen (secondary N) is 1. The second-order valence-electron chi connectivity index (χ2n) is 4.74.